The van der Waals surface area contributed by atoms with Crippen molar-refractivity contribution in [2.75, 3.05) is 19.6 Å². The van der Waals surface area contributed by atoms with Gasteiger partial charge in [-0.2, -0.15) is 0 Å². The molecular weight excluding hydrogens is 232 g/mol. The van der Waals surface area contributed by atoms with Crippen molar-refractivity contribution in [3.05, 3.63) is 0 Å². The Morgan fingerprint density at radius 2 is 2.22 bits per heavy atom. The number of likely N-dealkylation sites (tertiary alicyclic amines) is 1. The lowest BCUT2D eigenvalue weighted by molar-refractivity contribution is -0.138. The first-order chi connectivity index (χ1) is 8.58. The van der Waals surface area contributed by atoms with E-state index in [4.69, 9.17) is 10.8 Å². The summed E-state index contributed by atoms with van der Waals surface area (Å²) in [5, 5.41) is 8.69. The Hall–Kier alpha value is -1.10. The summed E-state index contributed by atoms with van der Waals surface area (Å²) in [6.45, 7) is 3.86. The van der Waals surface area contributed by atoms with Crippen molar-refractivity contribution in [2.45, 2.75) is 39.0 Å². The summed E-state index contributed by atoms with van der Waals surface area (Å²) in [6, 6.07) is 0. The van der Waals surface area contributed by atoms with Crippen LogP contribution in [-0.4, -0.2) is 41.5 Å². The minimum Gasteiger partial charge on any atom is -0.481 e. The van der Waals surface area contributed by atoms with Gasteiger partial charge >= 0.3 is 5.97 Å². The summed E-state index contributed by atoms with van der Waals surface area (Å²) >= 11 is 0. The van der Waals surface area contributed by atoms with Crippen molar-refractivity contribution < 1.29 is 14.7 Å². The highest BCUT2D eigenvalue weighted by atomic mass is 16.4. The summed E-state index contributed by atoms with van der Waals surface area (Å²) in [5.41, 5.74) is 5.60. The van der Waals surface area contributed by atoms with Crippen LogP contribution in [0.25, 0.3) is 0 Å². The minimum absolute atomic E-state index is 0.0803. The molecule has 0 aromatic carbocycles. The number of carboxylic acids is 1. The van der Waals surface area contributed by atoms with Gasteiger partial charge in [0.1, 0.15) is 0 Å². The lowest BCUT2D eigenvalue weighted by Gasteiger charge is -2.34. The average molecular weight is 256 g/mol. The van der Waals surface area contributed by atoms with Crippen molar-refractivity contribution in [3.8, 4) is 0 Å². The average Bonchev–Trinajstić information content (AvgIpc) is 2.38. The molecule has 0 aromatic rings. The van der Waals surface area contributed by atoms with E-state index in [1.807, 2.05) is 11.8 Å². The van der Waals surface area contributed by atoms with Crippen molar-refractivity contribution in [3.63, 3.8) is 0 Å². The Balaban J connectivity index is 2.47. The fourth-order valence-electron chi connectivity index (χ4n) is 2.53. The van der Waals surface area contributed by atoms with E-state index in [0.717, 1.165) is 25.8 Å². The molecule has 1 heterocycles. The molecule has 5 heteroatoms. The molecule has 0 saturated carbocycles. The third-order valence-corrected chi connectivity index (χ3v) is 3.72. The van der Waals surface area contributed by atoms with Crippen LogP contribution >= 0.6 is 0 Å². The molecule has 1 rings (SSSR count). The van der Waals surface area contributed by atoms with E-state index in [9.17, 15) is 9.59 Å². The zero-order valence-corrected chi connectivity index (χ0v) is 11.1. The van der Waals surface area contributed by atoms with Crippen LogP contribution in [0.3, 0.4) is 0 Å². The van der Waals surface area contributed by atoms with E-state index in [1.165, 1.54) is 0 Å². The number of hydrogen-bond donors (Lipinski definition) is 2. The number of carboxylic acid groups (broad SMARTS) is 1. The molecule has 2 atom stereocenters. The van der Waals surface area contributed by atoms with Crippen LogP contribution in [0.15, 0.2) is 0 Å². The Labute approximate surface area is 108 Å². The quantitative estimate of drug-likeness (QED) is 0.744. The Morgan fingerprint density at radius 1 is 1.50 bits per heavy atom. The van der Waals surface area contributed by atoms with Gasteiger partial charge in [0.05, 0.1) is 5.92 Å². The fraction of sp³-hybridized carbons (Fsp3) is 0.846. The van der Waals surface area contributed by atoms with Gasteiger partial charge in [-0.3, -0.25) is 9.59 Å². The minimum atomic E-state index is -0.758. The predicted octanol–water partition coefficient (Wildman–Crippen LogP) is 1.07. The van der Waals surface area contributed by atoms with Crippen molar-refractivity contribution in [1.29, 1.82) is 0 Å². The molecule has 3 N–H and O–H groups in total. The molecule has 0 aromatic heterocycles. The van der Waals surface area contributed by atoms with Crippen LogP contribution in [0.1, 0.15) is 39.0 Å². The third kappa shape index (κ3) is 4.29. The van der Waals surface area contributed by atoms with Crippen LogP contribution in [0.5, 0.6) is 0 Å². The lowest BCUT2D eigenvalue weighted by atomic mass is 9.92. The van der Waals surface area contributed by atoms with Gasteiger partial charge in [0, 0.05) is 26.1 Å². The lowest BCUT2D eigenvalue weighted by Crippen LogP contribution is -2.44. The summed E-state index contributed by atoms with van der Waals surface area (Å²) < 4.78 is 0. The van der Waals surface area contributed by atoms with Gasteiger partial charge in [-0.15, -0.1) is 0 Å². The van der Waals surface area contributed by atoms with Crippen LogP contribution in [0.2, 0.25) is 0 Å². The molecule has 0 spiro atoms. The van der Waals surface area contributed by atoms with Crippen LogP contribution in [0.4, 0.5) is 0 Å². The summed E-state index contributed by atoms with van der Waals surface area (Å²) in [4.78, 5) is 24.6. The van der Waals surface area contributed by atoms with Crippen LogP contribution in [0, 0.1) is 11.8 Å². The molecule has 5 nitrogen and oxygen atoms in total. The highest BCUT2D eigenvalue weighted by molar-refractivity contribution is 5.79. The molecule has 0 aliphatic carbocycles. The van der Waals surface area contributed by atoms with Crippen molar-refractivity contribution >= 4 is 11.9 Å². The first kappa shape index (κ1) is 15.0. The Kier molecular flexibility index (Phi) is 6.12. The molecule has 18 heavy (non-hydrogen) atoms. The van der Waals surface area contributed by atoms with E-state index in [0.29, 0.717) is 25.4 Å². The van der Waals surface area contributed by atoms with Gasteiger partial charge < -0.3 is 15.7 Å². The van der Waals surface area contributed by atoms with E-state index >= 15 is 0 Å². The topological polar surface area (TPSA) is 83.6 Å². The maximum absolute atomic E-state index is 12.2. The maximum Gasteiger partial charge on any atom is 0.303 e. The van der Waals surface area contributed by atoms with Gasteiger partial charge in [-0.05, 0) is 31.6 Å². The molecule has 2 unspecified atom stereocenters. The van der Waals surface area contributed by atoms with Crippen molar-refractivity contribution in [2.24, 2.45) is 17.6 Å². The molecule has 1 fully saturated rings. The monoisotopic (exact) mass is 256 g/mol. The number of nitrogens with zero attached hydrogens (tertiary/aromatic N) is 1. The highest BCUT2D eigenvalue weighted by Gasteiger charge is 2.27. The number of aliphatic carboxylic acids is 1. The number of carbonyl (C=O) groups is 2. The Morgan fingerprint density at radius 3 is 2.78 bits per heavy atom. The number of piperidine rings is 1. The summed E-state index contributed by atoms with van der Waals surface area (Å²) in [5.74, 6) is -0.371. The normalized spacial score (nSPS) is 21.7. The number of nitrogens with two attached hydrogens (primary N) is 1. The van der Waals surface area contributed by atoms with Gasteiger partial charge in [-0.25, -0.2) is 0 Å². The van der Waals surface area contributed by atoms with Gasteiger partial charge in [0.2, 0.25) is 5.91 Å². The molecule has 0 bridgehead atoms. The molecule has 1 aliphatic rings. The van der Waals surface area contributed by atoms with E-state index in [1.54, 1.807) is 0 Å². The molecule has 104 valence electrons. The molecule has 1 saturated heterocycles. The number of hydrogen-bond acceptors (Lipinski definition) is 3. The number of carbonyl (C=O) groups excluding carboxylic acids is 1. The smallest absolute Gasteiger partial charge is 0.303 e. The maximum atomic E-state index is 12.2. The second kappa shape index (κ2) is 7.36. The summed E-state index contributed by atoms with van der Waals surface area (Å²) in [7, 11) is 0. The third-order valence-electron chi connectivity index (χ3n) is 3.72. The summed E-state index contributed by atoms with van der Waals surface area (Å²) in [6.07, 6.45) is 3.62. The van der Waals surface area contributed by atoms with Crippen LogP contribution < -0.4 is 5.73 Å². The number of rotatable bonds is 6. The first-order valence-corrected chi connectivity index (χ1v) is 6.79. The SMILES string of the molecule is CCC(CN)C(=O)N1CCCC(CCC(=O)O)C1. The zero-order chi connectivity index (χ0) is 13.5. The molecule has 0 radical (unpaired) electrons. The van der Waals surface area contributed by atoms with Gasteiger partial charge in [0.25, 0.3) is 0 Å². The second-order valence-corrected chi connectivity index (χ2v) is 5.07. The number of amides is 1. The van der Waals surface area contributed by atoms with E-state index in [-0.39, 0.29) is 18.2 Å². The zero-order valence-electron chi connectivity index (χ0n) is 11.1. The molecule has 1 amide bonds. The fourth-order valence-corrected chi connectivity index (χ4v) is 2.53. The van der Waals surface area contributed by atoms with Gasteiger partial charge in [0.15, 0.2) is 0 Å². The van der Waals surface area contributed by atoms with Crippen molar-refractivity contribution in [1.82, 2.24) is 4.90 Å². The van der Waals surface area contributed by atoms with Gasteiger partial charge in [-0.1, -0.05) is 6.92 Å². The van der Waals surface area contributed by atoms with Crippen LogP contribution in [-0.2, 0) is 9.59 Å². The second-order valence-electron chi connectivity index (χ2n) is 5.07. The highest BCUT2D eigenvalue weighted by Crippen LogP contribution is 2.22. The molecular formula is C13H24N2O3. The van der Waals surface area contributed by atoms with E-state index in [2.05, 4.69) is 0 Å². The molecule has 1 aliphatic heterocycles. The first-order valence-electron chi connectivity index (χ1n) is 6.79. The largest absolute Gasteiger partial charge is 0.481 e. The predicted molar refractivity (Wildman–Crippen MR) is 69.0 cm³/mol. The Bertz CT molecular complexity index is 290. The standard InChI is InChI=1S/C13H24N2O3/c1-2-11(8-14)13(18)15-7-3-4-10(9-15)5-6-12(16)17/h10-11H,2-9,14H2,1H3,(H,16,17). The van der Waals surface area contributed by atoms with E-state index < -0.39 is 5.97 Å².